The summed E-state index contributed by atoms with van der Waals surface area (Å²) in [5, 5.41) is 2.79. The molecular formula is C19H19FN4O2. The molecule has 3 aromatic rings. The Morgan fingerprint density at radius 2 is 1.81 bits per heavy atom. The third kappa shape index (κ3) is 3.67. The predicted molar refractivity (Wildman–Crippen MR) is 97.7 cm³/mol. The molecule has 0 spiro atoms. The summed E-state index contributed by atoms with van der Waals surface area (Å²) in [4.78, 5) is 20.8. The number of rotatable bonds is 4. The molecule has 1 aliphatic rings. The summed E-state index contributed by atoms with van der Waals surface area (Å²) in [6, 6.07) is 14.1. The van der Waals surface area contributed by atoms with Crippen LogP contribution in [-0.4, -0.2) is 48.5 Å². The zero-order valence-corrected chi connectivity index (χ0v) is 14.2. The van der Waals surface area contributed by atoms with Gasteiger partial charge in [0.2, 0.25) is 5.91 Å². The molecular weight excluding hydrogens is 335 g/mol. The molecule has 0 radical (unpaired) electrons. The molecule has 0 aliphatic carbocycles. The maximum atomic E-state index is 12.9. The van der Waals surface area contributed by atoms with Gasteiger partial charge in [-0.05, 0) is 36.4 Å². The third-order valence-corrected chi connectivity index (χ3v) is 4.42. The minimum Gasteiger partial charge on any atom is -0.423 e. The van der Waals surface area contributed by atoms with Crippen molar-refractivity contribution in [2.75, 3.05) is 42.9 Å². The highest BCUT2D eigenvalue weighted by atomic mass is 19.1. The van der Waals surface area contributed by atoms with E-state index in [9.17, 15) is 9.18 Å². The zero-order valence-electron chi connectivity index (χ0n) is 14.2. The van der Waals surface area contributed by atoms with E-state index in [2.05, 4.69) is 20.1 Å². The maximum Gasteiger partial charge on any atom is 0.298 e. The molecule has 2 heterocycles. The summed E-state index contributed by atoms with van der Waals surface area (Å²) in [5.41, 5.74) is 2.23. The minimum atomic E-state index is -0.321. The van der Waals surface area contributed by atoms with Crippen LogP contribution in [0.25, 0.3) is 11.1 Å². The number of piperazine rings is 1. The van der Waals surface area contributed by atoms with E-state index in [0.717, 1.165) is 37.3 Å². The summed E-state index contributed by atoms with van der Waals surface area (Å²) in [6.07, 6.45) is 0. The van der Waals surface area contributed by atoms with Crippen LogP contribution < -0.4 is 10.2 Å². The van der Waals surface area contributed by atoms with E-state index in [1.54, 1.807) is 12.1 Å². The molecule has 0 bridgehead atoms. The molecule has 6 nitrogen and oxygen atoms in total. The van der Waals surface area contributed by atoms with Crippen molar-refractivity contribution in [1.29, 1.82) is 0 Å². The molecule has 26 heavy (non-hydrogen) atoms. The molecule has 134 valence electrons. The molecule has 1 amide bonds. The number of hydrogen-bond donors (Lipinski definition) is 1. The molecule has 1 fully saturated rings. The Bertz CT molecular complexity index is 868. The van der Waals surface area contributed by atoms with Gasteiger partial charge >= 0.3 is 0 Å². The second-order valence-corrected chi connectivity index (χ2v) is 6.28. The van der Waals surface area contributed by atoms with Crippen molar-refractivity contribution in [2.45, 2.75) is 0 Å². The van der Waals surface area contributed by atoms with Crippen LogP contribution in [0.15, 0.2) is 52.9 Å². The largest absolute Gasteiger partial charge is 0.423 e. The first-order valence-electron chi connectivity index (χ1n) is 8.56. The van der Waals surface area contributed by atoms with Crippen LogP contribution >= 0.6 is 0 Å². The minimum absolute atomic E-state index is 0.105. The van der Waals surface area contributed by atoms with Crippen LogP contribution in [0.3, 0.4) is 0 Å². The summed E-state index contributed by atoms with van der Waals surface area (Å²) in [6.45, 7) is 3.29. The van der Waals surface area contributed by atoms with Gasteiger partial charge in [0.15, 0.2) is 5.58 Å². The summed E-state index contributed by atoms with van der Waals surface area (Å²) >= 11 is 0. The molecule has 1 aliphatic heterocycles. The molecule has 0 unspecified atom stereocenters. The number of carbonyl (C=O) groups excluding carboxylic acids is 1. The van der Waals surface area contributed by atoms with Crippen LogP contribution in [0.4, 0.5) is 16.1 Å². The highest BCUT2D eigenvalue weighted by molar-refractivity contribution is 5.92. The topological polar surface area (TPSA) is 61.6 Å². The van der Waals surface area contributed by atoms with Crippen LogP contribution in [0, 0.1) is 5.82 Å². The number of halogens is 1. The summed E-state index contributed by atoms with van der Waals surface area (Å²) in [7, 11) is 0. The van der Waals surface area contributed by atoms with E-state index in [0.29, 0.717) is 18.2 Å². The Kier molecular flexibility index (Phi) is 4.53. The standard InChI is InChI=1S/C19H19FN4O2/c20-14-5-7-15(8-6-14)21-18(25)13-23-9-11-24(12-10-23)19-22-16-3-1-2-4-17(16)26-19/h1-8H,9-13H2,(H,21,25). The number of benzene rings is 2. The highest BCUT2D eigenvalue weighted by Gasteiger charge is 2.22. The van der Waals surface area contributed by atoms with E-state index in [4.69, 9.17) is 4.42 Å². The number of para-hydroxylation sites is 2. The molecule has 1 N–H and O–H groups in total. The third-order valence-electron chi connectivity index (χ3n) is 4.42. The van der Waals surface area contributed by atoms with Crippen LogP contribution in [0.5, 0.6) is 0 Å². The van der Waals surface area contributed by atoms with Gasteiger partial charge in [-0.1, -0.05) is 12.1 Å². The van der Waals surface area contributed by atoms with Crippen LogP contribution in [0.1, 0.15) is 0 Å². The quantitative estimate of drug-likeness (QED) is 0.781. The van der Waals surface area contributed by atoms with Crippen LogP contribution in [0.2, 0.25) is 0 Å². The van der Waals surface area contributed by atoms with Gasteiger partial charge in [-0.2, -0.15) is 4.98 Å². The number of anilines is 2. The Morgan fingerprint density at radius 1 is 1.08 bits per heavy atom. The second-order valence-electron chi connectivity index (χ2n) is 6.28. The van der Waals surface area contributed by atoms with Gasteiger partial charge in [0, 0.05) is 31.9 Å². The monoisotopic (exact) mass is 354 g/mol. The van der Waals surface area contributed by atoms with Crippen molar-refractivity contribution in [3.8, 4) is 0 Å². The Hall–Kier alpha value is -2.93. The zero-order chi connectivity index (χ0) is 17.9. The fraction of sp³-hybridized carbons (Fsp3) is 0.263. The first-order valence-corrected chi connectivity index (χ1v) is 8.56. The summed E-state index contributed by atoms with van der Waals surface area (Å²) in [5.74, 6) is -0.426. The number of hydrogen-bond acceptors (Lipinski definition) is 5. The van der Waals surface area contributed by atoms with Crippen molar-refractivity contribution in [2.24, 2.45) is 0 Å². The lowest BCUT2D eigenvalue weighted by Gasteiger charge is -2.33. The van der Waals surface area contributed by atoms with Crippen molar-refractivity contribution in [3.05, 3.63) is 54.3 Å². The predicted octanol–water partition coefficient (Wildman–Crippen LogP) is 2.73. The Balaban J connectivity index is 1.30. The van der Waals surface area contributed by atoms with Gasteiger partial charge in [0.25, 0.3) is 6.01 Å². The SMILES string of the molecule is O=C(CN1CCN(c2nc3ccccc3o2)CC1)Nc1ccc(F)cc1. The molecule has 1 aromatic heterocycles. The number of carbonyl (C=O) groups is 1. The fourth-order valence-electron chi connectivity index (χ4n) is 3.03. The van der Waals surface area contributed by atoms with Gasteiger partial charge in [-0.3, -0.25) is 9.69 Å². The van der Waals surface area contributed by atoms with E-state index in [-0.39, 0.29) is 11.7 Å². The van der Waals surface area contributed by atoms with E-state index < -0.39 is 0 Å². The molecule has 0 saturated carbocycles. The number of aromatic nitrogens is 1. The van der Waals surface area contributed by atoms with Crippen molar-refractivity contribution in [3.63, 3.8) is 0 Å². The van der Waals surface area contributed by atoms with Crippen LogP contribution in [-0.2, 0) is 4.79 Å². The molecule has 0 atom stereocenters. The average molecular weight is 354 g/mol. The van der Waals surface area contributed by atoms with Crippen molar-refractivity contribution >= 4 is 28.7 Å². The van der Waals surface area contributed by atoms with Gasteiger partial charge in [-0.15, -0.1) is 0 Å². The average Bonchev–Trinajstić information content (AvgIpc) is 3.08. The highest BCUT2D eigenvalue weighted by Crippen LogP contribution is 2.22. The van der Waals surface area contributed by atoms with Gasteiger partial charge in [0.05, 0.1) is 6.54 Å². The smallest absolute Gasteiger partial charge is 0.298 e. The van der Waals surface area contributed by atoms with E-state index >= 15 is 0 Å². The number of nitrogens with one attached hydrogen (secondary N) is 1. The first kappa shape index (κ1) is 16.5. The Labute approximate surface area is 150 Å². The number of fused-ring (bicyclic) bond motifs is 1. The lowest BCUT2D eigenvalue weighted by molar-refractivity contribution is -0.117. The summed E-state index contributed by atoms with van der Waals surface area (Å²) < 4.78 is 18.7. The maximum absolute atomic E-state index is 12.9. The van der Waals surface area contributed by atoms with Gasteiger partial charge < -0.3 is 14.6 Å². The molecule has 2 aromatic carbocycles. The molecule has 1 saturated heterocycles. The molecule has 4 rings (SSSR count). The van der Waals surface area contributed by atoms with Crippen molar-refractivity contribution < 1.29 is 13.6 Å². The van der Waals surface area contributed by atoms with Crippen molar-refractivity contribution in [1.82, 2.24) is 9.88 Å². The van der Waals surface area contributed by atoms with E-state index in [1.165, 1.54) is 12.1 Å². The van der Waals surface area contributed by atoms with Gasteiger partial charge in [-0.25, -0.2) is 4.39 Å². The number of oxazole rings is 1. The lowest BCUT2D eigenvalue weighted by atomic mass is 10.3. The lowest BCUT2D eigenvalue weighted by Crippen LogP contribution is -2.48. The Morgan fingerprint density at radius 3 is 2.54 bits per heavy atom. The fourth-order valence-corrected chi connectivity index (χ4v) is 3.03. The second kappa shape index (κ2) is 7.13. The molecule has 7 heteroatoms. The van der Waals surface area contributed by atoms with E-state index in [1.807, 2.05) is 24.3 Å². The van der Waals surface area contributed by atoms with Gasteiger partial charge in [0.1, 0.15) is 11.3 Å². The number of amides is 1. The normalized spacial score (nSPS) is 15.3. The number of nitrogens with zero attached hydrogens (tertiary/aromatic N) is 3. The first-order chi connectivity index (χ1) is 12.7.